The minimum Gasteiger partial charge on any atom is -0.358 e. The van der Waals surface area contributed by atoms with Crippen molar-refractivity contribution < 1.29 is 9.13 Å². The maximum absolute atomic E-state index is 4.72. The van der Waals surface area contributed by atoms with Crippen molar-refractivity contribution in [2.24, 2.45) is 0 Å². The molecule has 0 aliphatic heterocycles. The second kappa shape index (κ2) is 8.62. The van der Waals surface area contributed by atoms with Crippen LogP contribution in [0.25, 0.3) is 12.4 Å². The van der Waals surface area contributed by atoms with Gasteiger partial charge < -0.3 is 14.9 Å². The zero-order valence-corrected chi connectivity index (χ0v) is 14.4. The Morgan fingerprint density at radius 1 is 0.875 bits per heavy atom. The van der Waals surface area contributed by atoms with Crippen molar-refractivity contribution in [1.29, 1.82) is 0 Å². The summed E-state index contributed by atoms with van der Waals surface area (Å²) in [5.74, 6) is 0. The third kappa shape index (κ3) is 4.52. The van der Waals surface area contributed by atoms with E-state index < -0.39 is 0 Å². The van der Waals surface area contributed by atoms with Crippen LogP contribution in [0.3, 0.4) is 0 Å². The van der Waals surface area contributed by atoms with Crippen LogP contribution >= 0.6 is 0 Å². The van der Waals surface area contributed by atoms with Gasteiger partial charge in [0, 0.05) is 0 Å². The summed E-state index contributed by atoms with van der Waals surface area (Å²) in [6, 6.07) is 6.14. The first kappa shape index (κ1) is 19.1. The highest BCUT2D eigenvalue weighted by Gasteiger charge is 2.07. The van der Waals surface area contributed by atoms with Gasteiger partial charge in [0.1, 0.15) is 37.9 Å². The van der Waals surface area contributed by atoms with E-state index in [2.05, 4.69) is 22.3 Å². The predicted octanol–water partition coefficient (Wildman–Crippen LogP) is 2.46. The average molecular weight is 323 g/mol. The molecular weight excluding hydrogens is 298 g/mol. The molecule has 0 saturated carbocycles. The molecule has 0 aliphatic carbocycles. The van der Waals surface area contributed by atoms with Crippen molar-refractivity contribution in [1.82, 2.24) is 14.1 Å². The van der Waals surface area contributed by atoms with Crippen LogP contribution in [0.4, 0.5) is 0 Å². The quantitative estimate of drug-likeness (QED) is 0.506. The van der Waals surface area contributed by atoms with Gasteiger partial charge >= 0.3 is 0 Å². The van der Waals surface area contributed by atoms with Gasteiger partial charge in [-0.25, -0.2) is 23.3 Å². The molecule has 0 radical (unpaired) electrons. The highest BCUT2D eigenvalue weighted by atomic mass is 15.1. The van der Waals surface area contributed by atoms with Crippen LogP contribution in [0, 0.1) is 14.9 Å². The molecule has 0 bridgehead atoms. The SMILES string of the molecule is C=Cn1cc[n+](Cc2cccc(C[n+]3ccn(C=C)c3)n2)c1.[CH3-].[CH3-]. The Bertz CT molecular complexity index is 734. The Morgan fingerprint density at radius 3 is 1.71 bits per heavy atom. The minimum absolute atomic E-state index is 0. The monoisotopic (exact) mass is 323 g/mol. The molecule has 126 valence electrons. The van der Waals surface area contributed by atoms with E-state index in [9.17, 15) is 0 Å². The lowest BCUT2D eigenvalue weighted by molar-refractivity contribution is -0.689. The summed E-state index contributed by atoms with van der Waals surface area (Å²) in [4.78, 5) is 4.72. The lowest BCUT2D eigenvalue weighted by Crippen LogP contribution is -2.34. The van der Waals surface area contributed by atoms with Crippen molar-refractivity contribution >= 4 is 12.4 Å². The molecule has 3 rings (SSSR count). The van der Waals surface area contributed by atoms with Crippen LogP contribution < -0.4 is 9.13 Å². The topological polar surface area (TPSA) is 30.5 Å². The highest BCUT2D eigenvalue weighted by Crippen LogP contribution is 2.00. The third-order valence-corrected chi connectivity index (χ3v) is 3.40. The molecular formula is C19H25N5. The number of rotatable bonds is 6. The summed E-state index contributed by atoms with van der Waals surface area (Å²) in [5.41, 5.74) is 2.07. The summed E-state index contributed by atoms with van der Waals surface area (Å²) in [7, 11) is 0. The molecule has 0 aliphatic rings. The van der Waals surface area contributed by atoms with Gasteiger partial charge in [-0.3, -0.25) is 0 Å². The summed E-state index contributed by atoms with van der Waals surface area (Å²) in [6.07, 6.45) is 15.4. The van der Waals surface area contributed by atoms with Crippen molar-refractivity contribution in [2.45, 2.75) is 13.1 Å². The zero-order chi connectivity index (χ0) is 15.4. The number of hydrogen-bond acceptors (Lipinski definition) is 1. The molecule has 0 aromatic carbocycles. The predicted molar refractivity (Wildman–Crippen MR) is 97.3 cm³/mol. The van der Waals surface area contributed by atoms with Gasteiger partial charge in [-0.1, -0.05) is 19.2 Å². The van der Waals surface area contributed by atoms with E-state index in [0.29, 0.717) is 0 Å². The van der Waals surface area contributed by atoms with Crippen LogP contribution in [-0.2, 0) is 13.1 Å². The molecule has 0 spiro atoms. The van der Waals surface area contributed by atoms with Gasteiger partial charge in [-0.05, 0) is 12.1 Å². The van der Waals surface area contributed by atoms with Crippen molar-refractivity contribution in [3.8, 4) is 0 Å². The summed E-state index contributed by atoms with van der Waals surface area (Å²) in [6.45, 7) is 8.97. The maximum Gasteiger partial charge on any atom is 0.248 e. The Morgan fingerprint density at radius 2 is 1.33 bits per heavy atom. The normalized spacial score (nSPS) is 9.67. The summed E-state index contributed by atoms with van der Waals surface area (Å²) < 4.78 is 7.99. The largest absolute Gasteiger partial charge is 0.358 e. The number of hydrogen-bond donors (Lipinski definition) is 0. The lowest BCUT2D eigenvalue weighted by Gasteiger charge is -2.01. The average Bonchev–Trinajstić information content (AvgIpc) is 3.16. The third-order valence-electron chi connectivity index (χ3n) is 3.40. The van der Waals surface area contributed by atoms with E-state index in [1.807, 2.05) is 64.8 Å². The van der Waals surface area contributed by atoms with Crippen LogP contribution in [0.5, 0.6) is 0 Å². The second-order valence-electron chi connectivity index (χ2n) is 5.05. The maximum atomic E-state index is 4.72. The van der Waals surface area contributed by atoms with E-state index in [1.54, 1.807) is 12.4 Å². The van der Waals surface area contributed by atoms with E-state index in [4.69, 9.17) is 4.98 Å². The van der Waals surface area contributed by atoms with Crippen molar-refractivity contribution in [2.75, 3.05) is 0 Å². The van der Waals surface area contributed by atoms with Crippen LogP contribution in [-0.4, -0.2) is 14.1 Å². The van der Waals surface area contributed by atoms with E-state index in [-0.39, 0.29) is 14.9 Å². The molecule has 3 heterocycles. The van der Waals surface area contributed by atoms with Crippen molar-refractivity contribution in [3.63, 3.8) is 0 Å². The number of imidazole rings is 2. The van der Waals surface area contributed by atoms with Gasteiger partial charge in [-0.15, -0.1) is 0 Å². The fourth-order valence-corrected chi connectivity index (χ4v) is 2.30. The molecule has 0 N–H and O–H groups in total. The first-order chi connectivity index (χ1) is 10.8. The Hall–Kier alpha value is -2.95. The highest BCUT2D eigenvalue weighted by molar-refractivity contribution is 5.14. The number of pyridine rings is 1. The molecule has 0 saturated heterocycles. The van der Waals surface area contributed by atoms with Crippen molar-refractivity contribution in [3.05, 3.63) is 95.0 Å². The molecule has 5 nitrogen and oxygen atoms in total. The molecule has 0 unspecified atom stereocenters. The van der Waals surface area contributed by atoms with E-state index >= 15 is 0 Å². The van der Waals surface area contributed by atoms with Gasteiger partial charge in [-0.2, -0.15) is 0 Å². The molecule has 24 heavy (non-hydrogen) atoms. The molecule has 3 aromatic heterocycles. The van der Waals surface area contributed by atoms with Crippen LogP contribution in [0.1, 0.15) is 11.4 Å². The molecule has 0 amide bonds. The minimum atomic E-state index is 0. The molecule has 5 heteroatoms. The first-order valence-electron chi connectivity index (χ1n) is 7.10. The van der Waals surface area contributed by atoms with Gasteiger partial charge in [0.15, 0.2) is 0 Å². The molecule has 0 fully saturated rings. The standard InChI is InChI=1S/C17H19N5.2CH3/c1-3-19-8-10-21(14-19)12-16-6-5-7-17(18-16)13-22-11-9-20(4-2)15-22;;/h3-11,14-15H,1-2,12-13H2;2*1H3/q+2;2*-1. The van der Waals surface area contributed by atoms with E-state index in [0.717, 1.165) is 24.5 Å². The Balaban J connectivity index is 0.00000144. The zero-order valence-electron chi connectivity index (χ0n) is 14.4. The smallest absolute Gasteiger partial charge is 0.248 e. The fourth-order valence-electron chi connectivity index (χ4n) is 2.30. The lowest BCUT2D eigenvalue weighted by atomic mass is 10.3. The summed E-state index contributed by atoms with van der Waals surface area (Å²) >= 11 is 0. The molecule has 3 aromatic rings. The van der Waals surface area contributed by atoms with Crippen LogP contribution in [0.15, 0.2) is 68.8 Å². The summed E-state index contributed by atoms with van der Waals surface area (Å²) in [5, 5.41) is 0. The second-order valence-corrected chi connectivity index (χ2v) is 5.05. The molecule has 0 atom stereocenters. The van der Waals surface area contributed by atoms with Gasteiger partial charge in [0.05, 0.1) is 23.8 Å². The first-order valence-corrected chi connectivity index (χ1v) is 7.10. The Kier molecular flexibility index (Phi) is 6.86. The number of aromatic nitrogens is 5. The van der Waals surface area contributed by atoms with Gasteiger partial charge in [0.2, 0.25) is 12.7 Å². The fraction of sp³-hybridized carbons (Fsp3) is 0.105. The van der Waals surface area contributed by atoms with Gasteiger partial charge in [0.25, 0.3) is 0 Å². The van der Waals surface area contributed by atoms with E-state index in [1.165, 1.54) is 0 Å². The van der Waals surface area contributed by atoms with Crippen LogP contribution in [0.2, 0.25) is 0 Å². The Labute approximate surface area is 144 Å². The number of nitrogens with zero attached hydrogens (tertiary/aromatic N) is 5.